The molecule has 0 amide bonds. The first-order chi connectivity index (χ1) is 4.84. The molecule has 0 fully saturated rings. The van der Waals surface area contributed by atoms with E-state index in [2.05, 4.69) is 42.1 Å². The van der Waals surface area contributed by atoms with Crippen LogP contribution in [0.3, 0.4) is 0 Å². The number of hydrogen-bond donors (Lipinski definition) is 0. The summed E-state index contributed by atoms with van der Waals surface area (Å²) in [5, 5.41) is 0. The molecule has 0 atom stereocenters. The molecule has 1 aromatic carbocycles. The zero-order chi connectivity index (χ0) is 7.40. The second-order valence-electron chi connectivity index (χ2n) is 2.35. The summed E-state index contributed by atoms with van der Waals surface area (Å²) in [7, 11) is 0. The summed E-state index contributed by atoms with van der Waals surface area (Å²) >= 11 is -0.939. The van der Waals surface area contributed by atoms with Gasteiger partial charge in [0.1, 0.15) is 0 Å². The van der Waals surface area contributed by atoms with Crippen molar-refractivity contribution >= 4 is 23.7 Å². The van der Waals surface area contributed by atoms with Crippen molar-refractivity contribution in [3.8, 4) is 0 Å². The Bertz CT molecular complexity index is 181. The molecule has 54 valence electrons. The Kier molecular flexibility index (Phi) is 3.28. The third-order valence-corrected chi connectivity index (χ3v) is 7.75. The average Bonchev–Trinajstić information content (AvgIpc) is 2.05. The van der Waals surface area contributed by atoms with E-state index < -0.39 is 20.2 Å². The van der Waals surface area contributed by atoms with Gasteiger partial charge in [0.2, 0.25) is 0 Å². The van der Waals surface area contributed by atoms with Crippen LogP contribution >= 0.6 is 0 Å². The van der Waals surface area contributed by atoms with Gasteiger partial charge in [-0.25, -0.2) is 0 Å². The van der Waals surface area contributed by atoms with Crippen LogP contribution in [0, 0.1) is 0 Å². The van der Waals surface area contributed by atoms with Gasteiger partial charge in [0.15, 0.2) is 0 Å². The van der Waals surface area contributed by atoms with E-state index in [1.54, 1.807) is 3.51 Å². The zero-order valence-electron chi connectivity index (χ0n) is 6.54. The molecule has 0 unspecified atom stereocenters. The first-order valence-corrected chi connectivity index (χ1v) is 9.24. The Labute approximate surface area is 70.2 Å². The third-order valence-electron chi connectivity index (χ3n) is 1.67. The van der Waals surface area contributed by atoms with Gasteiger partial charge in [0.05, 0.1) is 0 Å². The molecule has 1 rings (SSSR count). The summed E-state index contributed by atoms with van der Waals surface area (Å²) in [5.41, 5.74) is 0. The van der Waals surface area contributed by atoms with Crippen LogP contribution in [-0.2, 0) is 0 Å². The van der Waals surface area contributed by atoms with Crippen LogP contribution in [0.1, 0.15) is 6.92 Å². The molecule has 10 heavy (non-hydrogen) atoms. The van der Waals surface area contributed by atoms with Crippen LogP contribution in [0.5, 0.6) is 0 Å². The minimum atomic E-state index is -0.939. The molecule has 0 radical (unpaired) electrons. The molecule has 0 heterocycles. The van der Waals surface area contributed by atoms with Gasteiger partial charge in [-0.3, -0.25) is 0 Å². The van der Waals surface area contributed by atoms with Gasteiger partial charge in [-0.05, 0) is 0 Å². The fourth-order valence-corrected chi connectivity index (χ4v) is 3.85. The van der Waals surface area contributed by atoms with Crippen molar-refractivity contribution < 1.29 is 0 Å². The summed E-state index contributed by atoms with van der Waals surface area (Å²) < 4.78 is 3.04. The quantitative estimate of drug-likeness (QED) is 0.697. The van der Waals surface area contributed by atoms with Crippen LogP contribution in [-0.4, -0.2) is 20.2 Å². The topological polar surface area (TPSA) is 0 Å². The molecule has 0 spiro atoms. The molecule has 0 aliphatic heterocycles. The fourth-order valence-electron chi connectivity index (χ4n) is 0.865. The predicted octanol–water partition coefficient (Wildman–Crippen LogP) is 2.04. The summed E-state index contributed by atoms with van der Waals surface area (Å²) in [6.07, 6.45) is 0. The summed E-state index contributed by atoms with van der Waals surface area (Å²) in [6, 6.07) is 10.9. The molecule has 1 heteroatoms. The van der Waals surface area contributed by atoms with Crippen molar-refractivity contribution in [2.75, 3.05) is 0 Å². The van der Waals surface area contributed by atoms with Gasteiger partial charge in [-0.2, -0.15) is 0 Å². The normalized spacial score (nSPS) is 10.3. The molecule has 0 saturated heterocycles. The molecule has 1 aromatic rings. The summed E-state index contributed by atoms with van der Waals surface area (Å²) in [6.45, 7) is 2.30. The van der Waals surface area contributed by atoms with Gasteiger partial charge in [0, 0.05) is 0 Å². The maximum atomic E-state index is 2.44. The van der Waals surface area contributed by atoms with E-state index in [9.17, 15) is 0 Å². The molecule has 0 nitrogen and oxygen atoms in total. The van der Waals surface area contributed by atoms with Gasteiger partial charge < -0.3 is 0 Å². The first kappa shape index (κ1) is 8.14. The third kappa shape index (κ3) is 2.02. The summed E-state index contributed by atoms with van der Waals surface area (Å²) in [5.74, 6) is 0. The van der Waals surface area contributed by atoms with Crippen LogP contribution in [0.4, 0.5) is 0 Å². The molecule has 0 N–H and O–H groups in total. The van der Waals surface area contributed by atoms with E-state index in [1.165, 1.54) is 4.37 Å². The molecular formula is C9H13Sb. The van der Waals surface area contributed by atoms with E-state index in [1.807, 2.05) is 0 Å². The Morgan fingerprint density at radius 1 is 1.20 bits per heavy atom. The van der Waals surface area contributed by atoms with Crippen LogP contribution in [0.15, 0.2) is 30.3 Å². The van der Waals surface area contributed by atoms with Crippen molar-refractivity contribution in [2.45, 2.75) is 16.2 Å². The number of rotatable bonds is 2. The molecular weight excluding hydrogens is 230 g/mol. The SMILES string of the molecule is C[CH2][Sb]([CH3])[c]1ccccc1. The minimum absolute atomic E-state index is 0.939. The van der Waals surface area contributed by atoms with Gasteiger partial charge in [-0.1, -0.05) is 0 Å². The first-order valence-electron chi connectivity index (χ1n) is 3.60. The van der Waals surface area contributed by atoms with Crippen molar-refractivity contribution in [3.05, 3.63) is 30.3 Å². The van der Waals surface area contributed by atoms with Crippen molar-refractivity contribution in [3.63, 3.8) is 0 Å². The van der Waals surface area contributed by atoms with Crippen molar-refractivity contribution in [1.82, 2.24) is 0 Å². The number of benzene rings is 1. The Hall–Kier alpha value is 0.0382. The van der Waals surface area contributed by atoms with Gasteiger partial charge in [-0.15, -0.1) is 0 Å². The molecule has 0 bridgehead atoms. The Balaban J connectivity index is 2.75. The van der Waals surface area contributed by atoms with Crippen LogP contribution < -0.4 is 3.51 Å². The Morgan fingerprint density at radius 2 is 1.80 bits per heavy atom. The molecule has 0 aliphatic carbocycles. The predicted molar refractivity (Wildman–Crippen MR) is 48.2 cm³/mol. The van der Waals surface area contributed by atoms with Crippen LogP contribution in [0.25, 0.3) is 0 Å². The monoisotopic (exact) mass is 242 g/mol. The second-order valence-corrected chi connectivity index (χ2v) is 9.61. The van der Waals surface area contributed by atoms with E-state index in [0.29, 0.717) is 0 Å². The van der Waals surface area contributed by atoms with Crippen molar-refractivity contribution in [2.24, 2.45) is 0 Å². The van der Waals surface area contributed by atoms with E-state index in [4.69, 9.17) is 0 Å². The van der Waals surface area contributed by atoms with E-state index in [-0.39, 0.29) is 0 Å². The second kappa shape index (κ2) is 4.03. The van der Waals surface area contributed by atoms with Gasteiger partial charge in [0.25, 0.3) is 0 Å². The van der Waals surface area contributed by atoms with E-state index >= 15 is 0 Å². The standard InChI is InChI=1S/C6H5.C2H5.CH3.Sb/c1-2-4-6-5-3-1;1-2;;/h1-5H;1H2,2H3;1H3;. The maximum absolute atomic E-state index is 2.44. The van der Waals surface area contributed by atoms with Crippen LogP contribution in [0.2, 0.25) is 9.24 Å². The average molecular weight is 243 g/mol. The van der Waals surface area contributed by atoms with E-state index in [0.717, 1.165) is 0 Å². The van der Waals surface area contributed by atoms with Gasteiger partial charge >= 0.3 is 70.2 Å². The fraction of sp³-hybridized carbons (Fsp3) is 0.333. The zero-order valence-corrected chi connectivity index (χ0v) is 9.09. The Morgan fingerprint density at radius 3 is 2.30 bits per heavy atom. The van der Waals surface area contributed by atoms with Crippen molar-refractivity contribution in [1.29, 1.82) is 0 Å². The molecule has 0 aromatic heterocycles. The molecule has 0 aliphatic rings. The number of hydrogen-bond acceptors (Lipinski definition) is 0. The molecule has 0 saturated carbocycles. The summed E-state index contributed by atoms with van der Waals surface area (Å²) in [4.78, 5) is 2.44.